The van der Waals surface area contributed by atoms with Crippen LogP contribution in [0.4, 0.5) is 0 Å². The molecule has 1 amide bonds. The maximum Gasteiger partial charge on any atom is 0.306 e. The second kappa shape index (κ2) is 55.6. The molecule has 1 aliphatic rings. The molecule has 1 aliphatic heterocycles. The molecule has 1 rings (SSSR count). The largest absolute Gasteiger partial charge is 0.454 e. The Balaban J connectivity index is 2.65. The van der Waals surface area contributed by atoms with Gasteiger partial charge in [0.25, 0.3) is 0 Å². The molecule has 1 saturated heterocycles. The van der Waals surface area contributed by atoms with Crippen LogP contribution in [0.2, 0.25) is 0 Å². The average molecular weight is 1120 g/mol. The summed E-state index contributed by atoms with van der Waals surface area (Å²) in [5, 5.41) is 56.9. The fourth-order valence-corrected chi connectivity index (χ4v) is 9.18. The van der Waals surface area contributed by atoms with E-state index in [1.807, 2.05) is 60.8 Å². The first-order chi connectivity index (χ1) is 39.2. The number of carbonyl (C=O) groups is 2. The van der Waals surface area contributed by atoms with E-state index >= 15 is 0 Å². The zero-order chi connectivity index (χ0) is 58.2. The average Bonchev–Trinajstić information content (AvgIpc) is 3.46. The lowest BCUT2D eigenvalue weighted by atomic mass is 9.99. The second-order valence-corrected chi connectivity index (χ2v) is 21.5. The molecule has 80 heavy (non-hydrogen) atoms. The van der Waals surface area contributed by atoms with Gasteiger partial charge in [-0.2, -0.15) is 0 Å². The Morgan fingerprint density at radius 3 is 1.49 bits per heavy atom. The standard InChI is InChI=1S/C69H115NO10/c1-4-7-10-13-16-19-22-25-27-28-29-30-31-32-33-34-35-36-37-39-42-45-48-51-54-57-64(74)80-67-66(76)65(75)63(58-71)79-69(67)78-59-60(61(72)55-52-49-46-43-40-24-21-18-15-12-9-6-3)70-68(77)62(73)56-53-50-47-44-41-38-26-23-20-17-14-11-8-5-2/h8,11,14,16-17,19-20,23,25-27,29-30,32-33,38,41,44,52,55,60-63,65-67,69,71-73,75-76H,4-7,9-10,12-13,15,18,21-22,24,28,31,34-37,39-40,42-43,45-51,53-54,56-59H2,1-3H3,(H,70,77)/b11-8+,17-14+,19-16-,23-20-,27-25-,30-29-,33-32-,38-26-,44-41+,55-52+. The SMILES string of the molecule is CC/C=C/C=C/C=C\C=C/C=C/CCCCC(O)C(=O)NC(COC1OC(CO)C(O)C(O)C1OC(=O)CCCCCCCCCCC/C=C\C/C=C\C/C=C\C/C=C\CCCCC)C(O)/C=C/CCCCCCCCCCCC. The molecule has 8 unspecified atom stereocenters. The van der Waals surface area contributed by atoms with Gasteiger partial charge in [-0.05, 0) is 89.9 Å². The smallest absolute Gasteiger partial charge is 0.306 e. The van der Waals surface area contributed by atoms with E-state index in [4.69, 9.17) is 14.2 Å². The van der Waals surface area contributed by atoms with Gasteiger partial charge in [-0.25, -0.2) is 0 Å². The van der Waals surface area contributed by atoms with Gasteiger partial charge in [0.05, 0.1) is 25.4 Å². The summed E-state index contributed by atoms with van der Waals surface area (Å²) < 4.78 is 17.6. The molecule has 0 saturated carbocycles. The molecule has 11 heteroatoms. The van der Waals surface area contributed by atoms with Crippen molar-refractivity contribution >= 4 is 11.9 Å². The number of hydrogen-bond donors (Lipinski definition) is 6. The maximum absolute atomic E-state index is 13.4. The van der Waals surface area contributed by atoms with Gasteiger partial charge >= 0.3 is 5.97 Å². The van der Waals surface area contributed by atoms with Gasteiger partial charge in [-0.15, -0.1) is 0 Å². The van der Waals surface area contributed by atoms with Crippen LogP contribution >= 0.6 is 0 Å². The van der Waals surface area contributed by atoms with E-state index in [9.17, 15) is 35.1 Å². The minimum atomic E-state index is -1.63. The van der Waals surface area contributed by atoms with Crippen LogP contribution in [-0.4, -0.2) is 99.6 Å². The Hall–Kier alpha value is -3.94. The summed E-state index contributed by atoms with van der Waals surface area (Å²) in [5.41, 5.74) is 0. The van der Waals surface area contributed by atoms with Crippen LogP contribution < -0.4 is 5.32 Å². The molecule has 0 aliphatic carbocycles. The topological polar surface area (TPSA) is 175 Å². The van der Waals surface area contributed by atoms with E-state index in [1.54, 1.807) is 6.08 Å². The molecule has 0 aromatic rings. The van der Waals surface area contributed by atoms with Crippen molar-refractivity contribution in [2.24, 2.45) is 0 Å². The van der Waals surface area contributed by atoms with E-state index in [1.165, 1.54) is 96.3 Å². The molecule has 0 aromatic carbocycles. The molecule has 0 aromatic heterocycles. The molecular weight excluding hydrogens is 1000 g/mol. The zero-order valence-corrected chi connectivity index (χ0v) is 50.4. The van der Waals surface area contributed by atoms with Crippen LogP contribution in [0.3, 0.4) is 0 Å². The normalized spacial score (nSPS) is 19.6. The van der Waals surface area contributed by atoms with Crippen LogP contribution in [0.5, 0.6) is 0 Å². The van der Waals surface area contributed by atoms with Gasteiger partial charge in [-0.1, -0.05) is 264 Å². The Morgan fingerprint density at radius 1 is 0.512 bits per heavy atom. The van der Waals surface area contributed by atoms with Crippen LogP contribution in [0.1, 0.15) is 239 Å². The van der Waals surface area contributed by atoms with Gasteiger partial charge in [0, 0.05) is 6.42 Å². The summed E-state index contributed by atoms with van der Waals surface area (Å²) in [6.07, 6.45) is 66.7. The third-order valence-electron chi connectivity index (χ3n) is 14.2. The van der Waals surface area contributed by atoms with Crippen LogP contribution in [0.15, 0.2) is 122 Å². The number of allylic oxidation sites excluding steroid dienone is 19. The number of unbranched alkanes of at least 4 members (excludes halogenated alkanes) is 24. The van der Waals surface area contributed by atoms with Crippen molar-refractivity contribution < 1.29 is 49.3 Å². The molecule has 0 spiro atoms. The fraction of sp³-hybridized carbons (Fsp3) is 0.681. The van der Waals surface area contributed by atoms with Gasteiger partial charge < -0.3 is 45.1 Å². The number of amides is 1. The molecule has 1 fully saturated rings. The number of carbonyl (C=O) groups excluding carboxylic acids is 2. The first kappa shape index (κ1) is 74.1. The quantitative estimate of drug-likeness (QED) is 0.0149. The second-order valence-electron chi connectivity index (χ2n) is 21.5. The van der Waals surface area contributed by atoms with Crippen LogP contribution in [-0.2, 0) is 23.8 Å². The summed E-state index contributed by atoms with van der Waals surface area (Å²) in [7, 11) is 0. The van der Waals surface area contributed by atoms with E-state index in [-0.39, 0.29) is 19.4 Å². The first-order valence-corrected chi connectivity index (χ1v) is 31.9. The summed E-state index contributed by atoms with van der Waals surface area (Å²) >= 11 is 0. The van der Waals surface area contributed by atoms with E-state index < -0.39 is 67.4 Å². The monoisotopic (exact) mass is 1120 g/mol. The van der Waals surface area contributed by atoms with Gasteiger partial charge in [0.1, 0.15) is 24.4 Å². The molecule has 456 valence electrons. The lowest BCUT2D eigenvalue weighted by Crippen LogP contribution is -2.61. The lowest BCUT2D eigenvalue weighted by molar-refractivity contribution is -0.305. The highest BCUT2D eigenvalue weighted by Gasteiger charge is 2.47. The van der Waals surface area contributed by atoms with Gasteiger partial charge in [0.2, 0.25) is 5.91 Å². The number of nitrogens with one attached hydrogen (secondary N) is 1. The van der Waals surface area contributed by atoms with Crippen LogP contribution in [0, 0.1) is 0 Å². The highest BCUT2D eigenvalue weighted by atomic mass is 16.7. The summed E-state index contributed by atoms with van der Waals surface area (Å²) in [6, 6.07) is -1.06. The predicted octanol–water partition coefficient (Wildman–Crippen LogP) is 15.4. The van der Waals surface area contributed by atoms with Gasteiger partial charge in [-0.3, -0.25) is 9.59 Å². The fourth-order valence-electron chi connectivity index (χ4n) is 9.18. The highest BCUT2D eigenvalue weighted by Crippen LogP contribution is 2.26. The predicted molar refractivity (Wildman–Crippen MR) is 333 cm³/mol. The van der Waals surface area contributed by atoms with Crippen molar-refractivity contribution in [3.05, 3.63) is 122 Å². The Morgan fingerprint density at radius 2 is 0.950 bits per heavy atom. The van der Waals surface area contributed by atoms with Crippen molar-refractivity contribution in [2.75, 3.05) is 13.2 Å². The van der Waals surface area contributed by atoms with Crippen molar-refractivity contribution in [3.8, 4) is 0 Å². The van der Waals surface area contributed by atoms with E-state index in [0.29, 0.717) is 12.8 Å². The van der Waals surface area contributed by atoms with E-state index in [0.717, 1.165) is 96.3 Å². The highest BCUT2D eigenvalue weighted by molar-refractivity contribution is 5.80. The van der Waals surface area contributed by atoms with Crippen molar-refractivity contribution in [3.63, 3.8) is 0 Å². The third kappa shape index (κ3) is 42.8. The molecule has 6 N–H and O–H groups in total. The molecule has 11 nitrogen and oxygen atoms in total. The molecular formula is C69H115NO10. The Bertz CT molecular complexity index is 1760. The summed E-state index contributed by atoms with van der Waals surface area (Å²) in [4.78, 5) is 26.5. The molecule has 1 heterocycles. The number of esters is 1. The van der Waals surface area contributed by atoms with E-state index in [2.05, 4.69) is 80.8 Å². The first-order valence-electron chi connectivity index (χ1n) is 31.9. The number of hydrogen-bond acceptors (Lipinski definition) is 10. The zero-order valence-electron chi connectivity index (χ0n) is 50.4. The summed E-state index contributed by atoms with van der Waals surface area (Å²) in [5.74, 6) is -1.25. The Labute approximate surface area is 487 Å². The lowest BCUT2D eigenvalue weighted by Gasteiger charge is -2.41. The van der Waals surface area contributed by atoms with Crippen molar-refractivity contribution in [1.82, 2.24) is 5.32 Å². The van der Waals surface area contributed by atoms with Crippen molar-refractivity contribution in [1.29, 1.82) is 0 Å². The summed E-state index contributed by atoms with van der Waals surface area (Å²) in [6.45, 7) is 5.57. The number of rotatable bonds is 52. The number of aliphatic hydroxyl groups is 5. The maximum atomic E-state index is 13.4. The van der Waals surface area contributed by atoms with Crippen LogP contribution in [0.25, 0.3) is 0 Å². The molecule has 0 radical (unpaired) electrons. The van der Waals surface area contributed by atoms with Gasteiger partial charge in [0.15, 0.2) is 12.4 Å². The van der Waals surface area contributed by atoms with Crippen molar-refractivity contribution in [2.45, 2.75) is 288 Å². The minimum Gasteiger partial charge on any atom is -0.454 e. The number of aliphatic hydroxyl groups excluding tert-OH is 5. The molecule has 0 bridgehead atoms. The number of ether oxygens (including phenoxy) is 3. The Kier molecular flexibility index (Phi) is 51.5. The minimum absolute atomic E-state index is 0.104. The third-order valence-corrected chi connectivity index (χ3v) is 14.2. The molecule has 8 atom stereocenters.